The average Bonchev–Trinajstić information content (AvgIpc) is 2.79. The summed E-state index contributed by atoms with van der Waals surface area (Å²) in [6.45, 7) is 6.73. The SMILES string of the molecule is CCOC(=O)C(=Cc1ccccc1)C(C)=O.CCOC(=O)CC(C)=O.O=Cc1ccccc1. The second-order valence-electron chi connectivity index (χ2n) is 6.46. The summed E-state index contributed by atoms with van der Waals surface area (Å²) in [5.41, 5.74) is 1.61. The molecule has 2 rings (SSSR count). The molecule has 7 nitrogen and oxygen atoms in total. The van der Waals surface area contributed by atoms with E-state index in [0.29, 0.717) is 6.61 Å². The maximum atomic E-state index is 11.5. The molecule has 0 heterocycles. The lowest BCUT2D eigenvalue weighted by atomic mass is 10.1. The summed E-state index contributed by atoms with van der Waals surface area (Å²) < 4.78 is 9.30. The fourth-order valence-electron chi connectivity index (χ4n) is 2.18. The van der Waals surface area contributed by atoms with Gasteiger partial charge in [0.1, 0.15) is 24.1 Å². The van der Waals surface area contributed by atoms with Gasteiger partial charge in [-0.1, -0.05) is 60.7 Å². The first-order chi connectivity index (χ1) is 15.7. The fraction of sp³-hybridized carbons (Fsp3) is 0.269. The molecule has 0 aliphatic heterocycles. The highest BCUT2D eigenvalue weighted by Gasteiger charge is 2.15. The first kappa shape index (κ1) is 29.1. The van der Waals surface area contributed by atoms with Crippen LogP contribution >= 0.6 is 0 Å². The van der Waals surface area contributed by atoms with Crippen LogP contribution in [0.2, 0.25) is 0 Å². The number of esters is 2. The Hall–Kier alpha value is -3.87. The van der Waals surface area contributed by atoms with E-state index < -0.39 is 11.9 Å². The lowest BCUT2D eigenvalue weighted by Crippen LogP contribution is -2.13. The van der Waals surface area contributed by atoms with Crippen LogP contribution in [0.15, 0.2) is 66.2 Å². The van der Waals surface area contributed by atoms with Crippen LogP contribution in [0.4, 0.5) is 0 Å². The van der Waals surface area contributed by atoms with Crippen LogP contribution in [0, 0.1) is 0 Å². The molecule has 0 spiro atoms. The number of rotatable bonds is 8. The Morgan fingerprint density at radius 3 is 1.61 bits per heavy atom. The highest BCUT2D eigenvalue weighted by molar-refractivity contribution is 6.19. The van der Waals surface area contributed by atoms with Crippen molar-refractivity contribution in [3.05, 3.63) is 77.4 Å². The van der Waals surface area contributed by atoms with Gasteiger partial charge in [0.25, 0.3) is 0 Å². The summed E-state index contributed by atoms with van der Waals surface area (Å²) >= 11 is 0. The second kappa shape index (κ2) is 17.8. The van der Waals surface area contributed by atoms with Crippen molar-refractivity contribution in [2.45, 2.75) is 34.1 Å². The van der Waals surface area contributed by atoms with Gasteiger partial charge >= 0.3 is 11.9 Å². The number of hydrogen-bond donors (Lipinski definition) is 0. The number of ketones is 2. The van der Waals surface area contributed by atoms with Crippen molar-refractivity contribution in [2.75, 3.05) is 13.2 Å². The molecule has 0 saturated carbocycles. The van der Waals surface area contributed by atoms with Gasteiger partial charge in [0.05, 0.1) is 13.2 Å². The molecule has 0 fully saturated rings. The predicted octanol–water partition coefficient (Wildman–Crippen LogP) is 4.25. The molecular formula is C26H30O7. The minimum atomic E-state index is -0.571. The number of hydrogen-bond acceptors (Lipinski definition) is 7. The number of carbonyl (C=O) groups excluding carboxylic acids is 5. The summed E-state index contributed by atoms with van der Waals surface area (Å²) in [5, 5.41) is 0. The molecular weight excluding hydrogens is 424 g/mol. The Morgan fingerprint density at radius 1 is 0.758 bits per heavy atom. The lowest BCUT2D eigenvalue weighted by molar-refractivity contribution is -0.145. The number of carbonyl (C=O) groups is 5. The van der Waals surface area contributed by atoms with E-state index in [2.05, 4.69) is 4.74 Å². The topological polar surface area (TPSA) is 104 Å². The molecule has 0 aliphatic rings. The monoisotopic (exact) mass is 454 g/mol. The molecule has 2 aromatic carbocycles. The van der Waals surface area contributed by atoms with Crippen molar-refractivity contribution < 1.29 is 33.4 Å². The van der Waals surface area contributed by atoms with Gasteiger partial charge in [0.15, 0.2) is 5.78 Å². The molecule has 33 heavy (non-hydrogen) atoms. The van der Waals surface area contributed by atoms with E-state index in [1.807, 2.05) is 48.5 Å². The largest absolute Gasteiger partial charge is 0.466 e. The third kappa shape index (κ3) is 14.7. The molecule has 0 bridgehead atoms. The molecule has 0 saturated heterocycles. The zero-order chi connectivity index (χ0) is 25.1. The number of aldehydes is 1. The molecule has 176 valence electrons. The van der Waals surface area contributed by atoms with Crippen molar-refractivity contribution in [1.29, 1.82) is 0 Å². The van der Waals surface area contributed by atoms with Crippen LogP contribution in [0.3, 0.4) is 0 Å². The third-order valence-electron chi connectivity index (χ3n) is 3.62. The van der Waals surface area contributed by atoms with E-state index in [4.69, 9.17) is 4.74 Å². The highest BCUT2D eigenvalue weighted by Crippen LogP contribution is 2.09. The Bertz CT molecular complexity index is 916. The summed E-state index contributed by atoms with van der Waals surface area (Å²) in [4.78, 5) is 53.4. The molecule has 0 aromatic heterocycles. The molecule has 7 heteroatoms. The van der Waals surface area contributed by atoms with Crippen LogP contribution in [0.25, 0.3) is 6.08 Å². The van der Waals surface area contributed by atoms with Crippen molar-refractivity contribution in [1.82, 2.24) is 0 Å². The molecule has 0 amide bonds. The van der Waals surface area contributed by atoms with Crippen molar-refractivity contribution in [3.8, 4) is 0 Å². The van der Waals surface area contributed by atoms with Gasteiger partial charge in [-0.25, -0.2) is 4.79 Å². The second-order valence-corrected chi connectivity index (χ2v) is 6.46. The zero-order valence-electron chi connectivity index (χ0n) is 19.4. The van der Waals surface area contributed by atoms with E-state index >= 15 is 0 Å². The van der Waals surface area contributed by atoms with E-state index in [-0.39, 0.29) is 30.2 Å². The van der Waals surface area contributed by atoms with Gasteiger partial charge in [-0.2, -0.15) is 0 Å². The maximum absolute atomic E-state index is 11.5. The minimum Gasteiger partial charge on any atom is -0.466 e. The van der Waals surface area contributed by atoms with Crippen LogP contribution in [0.1, 0.15) is 50.0 Å². The first-order valence-electron chi connectivity index (χ1n) is 10.3. The summed E-state index contributed by atoms with van der Waals surface area (Å²) in [6.07, 6.45) is 2.27. The number of Topliss-reactive ketones (excluding diaryl/α,β-unsaturated/α-hetero) is 2. The van der Waals surface area contributed by atoms with Crippen LogP contribution in [0.5, 0.6) is 0 Å². The smallest absolute Gasteiger partial charge is 0.341 e. The number of benzene rings is 2. The summed E-state index contributed by atoms with van der Waals surface area (Å²) in [7, 11) is 0. The van der Waals surface area contributed by atoms with Crippen molar-refractivity contribution in [2.24, 2.45) is 0 Å². The van der Waals surface area contributed by atoms with Gasteiger partial charge in [-0.3, -0.25) is 19.2 Å². The predicted molar refractivity (Wildman–Crippen MR) is 125 cm³/mol. The molecule has 0 radical (unpaired) electrons. The maximum Gasteiger partial charge on any atom is 0.341 e. The van der Waals surface area contributed by atoms with Gasteiger partial charge in [-0.15, -0.1) is 0 Å². The summed E-state index contributed by atoms with van der Waals surface area (Å²) in [5.74, 6) is -1.46. The summed E-state index contributed by atoms with van der Waals surface area (Å²) in [6, 6.07) is 18.3. The zero-order valence-corrected chi connectivity index (χ0v) is 19.4. The molecule has 0 atom stereocenters. The van der Waals surface area contributed by atoms with E-state index in [1.165, 1.54) is 13.8 Å². The van der Waals surface area contributed by atoms with Crippen LogP contribution in [-0.2, 0) is 28.7 Å². The normalized spacial score (nSPS) is 9.76. The van der Waals surface area contributed by atoms with Crippen molar-refractivity contribution in [3.63, 3.8) is 0 Å². The van der Waals surface area contributed by atoms with Gasteiger partial charge in [0.2, 0.25) is 0 Å². The van der Waals surface area contributed by atoms with Gasteiger partial charge in [-0.05, 0) is 39.3 Å². The standard InChI is InChI=1S/C13H14O3.C7H6O.C6H10O3/c1-3-16-13(15)12(10(2)14)9-11-7-5-4-6-8-11;8-6-7-4-2-1-3-5-7;1-3-9-6(8)4-5(2)7/h4-9H,3H2,1-2H3;1-6H;3-4H2,1-2H3. The molecule has 0 unspecified atom stereocenters. The van der Waals surface area contributed by atoms with E-state index in [0.717, 1.165) is 17.4 Å². The van der Waals surface area contributed by atoms with E-state index in [9.17, 15) is 24.0 Å². The lowest BCUT2D eigenvalue weighted by Gasteiger charge is -2.03. The molecule has 0 aliphatic carbocycles. The average molecular weight is 455 g/mol. The van der Waals surface area contributed by atoms with Crippen LogP contribution in [-0.4, -0.2) is 43.0 Å². The Labute approximate surface area is 194 Å². The van der Waals surface area contributed by atoms with Crippen molar-refractivity contribution >= 4 is 35.9 Å². The van der Waals surface area contributed by atoms with E-state index in [1.54, 1.807) is 32.1 Å². The van der Waals surface area contributed by atoms with Gasteiger partial charge in [0, 0.05) is 5.56 Å². The first-order valence-corrected chi connectivity index (χ1v) is 10.3. The Morgan fingerprint density at radius 2 is 1.24 bits per heavy atom. The molecule has 0 N–H and O–H groups in total. The Balaban J connectivity index is 0.000000510. The quantitative estimate of drug-likeness (QED) is 0.193. The Kier molecular flexibility index (Phi) is 15.7. The highest BCUT2D eigenvalue weighted by atomic mass is 16.5. The van der Waals surface area contributed by atoms with Crippen LogP contribution < -0.4 is 0 Å². The third-order valence-corrected chi connectivity index (χ3v) is 3.62. The minimum absolute atomic E-state index is 0.0769. The molecule has 2 aromatic rings. The number of ether oxygens (including phenoxy) is 2. The fourth-order valence-corrected chi connectivity index (χ4v) is 2.18. The van der Waals surface area contributed by atoms with Gasteiger partial charge < -0.3 is 9.47 Å².